The Morgan fingerprint density at radius 3 is 2.84 bits per heavy atom. The van der Waals surface area contributed by atoms with Crippen molar-refractivity contribution in [3.63, 3.8) is 0 Å². The molecule has 1 N–H and O–H groups in total. The zero-order chi connectivity index (χ0) is 13.4. The average Bonchev–Trinajstić information content (AvgIpc) is 2.96. The minimum Gasteiger partial charge on any atom is -0.343 e. The van der Waals surface area contributed by atoms with Crippen LogP contribution in [0.5, 0.6) is 0 Å². The maximum absolute atomic E-state index is 6.04. The average molecular weight is 315 g/mol. The van der Waals surface area contributed by atoms with Gasteiger partial charge >= 0.3 is 0 Å². The van der Waals surface area contributed by atoms with Crippen molar-refractivity contribution >= 4 is 46.5 Å². The number of halogens is 2. The van der Waals surface area contributed by atoms with Gasteiger partial charge in [-0.1, -0.05) is 28.4 Å². The number of rotatable bonds is 3. The summed E-state index contributed by atoms with van der Waals surface area (Å²) in [6.45, 7) is 0.635. The summed E-state index contributed by atoms with van der Waals surface area (Å²) in [5, 5.41) is 4.76. The van der Waals surface area contributed by atoms with Crippen LogP contribution < -0.4 is 0 Å². The summed E-state index contributed by atoms with van der Waals surface area (Å²) >= 11 is 17.3. The Kier molecular flexibility index (Phi) is 3.30. The third kappa shape index (κ3) is 2.39. The van der Waals surface area contributed by atoms with Gasteiger partial charge in [-0.25, -0.2) is 0 Å². The molecular formula is C11H8Cl2N4OS. The van der Waals surface area contributed by atoms with Gasteiger partial charge in [0.15, 0.2) is 10.6 Å². The molecule has 5 nitrogen and oxygen atoms in total. The monoisotopic (exact) mass is 314 g/mol. The molecule has 0 aliphatic heterocycles. The van der Waals surface area contributed by atoms with Crippen LogP contribution in [-0.4, -0.2) is 19.7 Å². The van der Waals surface area contributed by atoms with E-state index in [0.717, 1.165) is 11.0 Å². The van der Waals surface area contributed by atoms with Crippen molar-refractivity contribution in [1.82, 2.24) is 19.7 Å². The summed E-state index contributed by atoms with van der Waals surface area (Å²) in [5.74, 6) is 0.635. The van der Waals surface area contributed by atoms with Gasteiger partial charge in [-0.2, -0.15) is 4.98 Å². The smallest absolute Gasteiger partial charge is 0.213 e. The summed E-state index contributed by atoms with van der Waals surface area (Å²) in [4.78, 5) is 7.07. The van der Waals surface area contributed by atoms with Crippen LogP contribution >= 0.6 is 35.4 Å². The zero-order valence-electron chi connectivity index (χ0n) is 9.56. The first kappa shape index (κ1) is 12.7. The molecule has 0 aliphatic rings. The number of hydrogen-bond acceptors (Lipinski definition) is 4. The highest BCUT2D eigenvalue weighted by Gasteiger charge is 2.09. The maximum atomic E-state index is 6.04. The summed E-state index contributed by atoms with van der Waals surface area (Å²) < 4.78 is 7.24. The molecule has 2 aromatic heterocycles. The second kappa shape index (κ2) is 4.96. The molecule has 0 aliphatic carbocycles. The van der Waals surface area contributed by atoms with Crippen LogP contribution in [0.1, 0.15) is 5.82 Å². The predicted molar refractivity (Wildman–Crippen MR) is 75.1 cm³/mol. The molecule has 0 atom stereocenters. The third-order valence-corrected chi connectivity index (χ3v) is 3.83. The number of aryl methyl sites for hydroxylation is 2. The van der Waals surface area contributed by atoms with Crippen molar-refractivity contribution in [1.29, 1.82) is 0 Å². The van der Waals surface area contributed by atoms with Crippen LogP contribution in [0.15, 0.2) is 23.0 Å². The van der Waals surface area contributed by atoms with Crippen LogP contribution in [0.4, 0.5) is 0 Å². The van der Waals surface area contributed by atoms with E-state index in [2.05, 4.69) is 15.1 Å². The van der Waals surface area contributed by atoms with Gasteiger partial charge in [-0.15, -0.1) is 0 Å². The number of H-pyrrole nitrogens is 1. The van der Waals surface area contributed by atoms with Crippen molar-refractivity contribution in [2.75, 3.05) is 0 Å². The van der Waals surface area contributed by atoms with E-state index < -0.39 is 0 Å². The number of benzene rings is 1. The van der Waals surface area contributed by atoms with E-state index in [-0.39, 0.29) is 0 Å². The van der Waals surface area contributed by atoms with Crippen molar-refractivity contribution < 1.29 is 4.52 Å². The van der Waals surface area contributed by atoms with Gasteiger partial charge in [-0.3, -0.25) is 0 Å². The second-order valence-corrected chi connectivity index (χ2v) is 5.16. The highest BCUT2D eigenvalue weighted by Crippen LogP contribution is 2.27. The first-order chi connectivity index (χ1) is 9.15. The lowest BCUT2D eigenvalue weighted by Gasteiger charge is -2.03. The van der Waals surface area contributed by atoms with Gasteiger partial charge in [0.25, 0.3) is 0 Å². The number of aromatic amines is 1. The van der Waals surface area contributed by atoms with Crippen molar-refractivity contribution in [3.8, 4) is 0 Å². The highest BCUT2D eigenvalue weighted by atomic mass is 35.5. The van der Waals surface area contributed by atoms with E-state index in [4.69, 9.17) is 39.9 Å². The van der Waals surface area contributed by atoms with Gasteiger partial charge in [0, 0.05) is 13.0 Å². The Balaban J connectivity index is 2.00. The molecule has 0 spiro atoms. The molecule has 0 unspecified atom stereocenters. The van der Waals surface area contributed by atoms with Crippen LogP contribution in [-0.2, 0) is 13.0 Å². The molecule has 1 aromatic carbocycles. The van der Waals surface area contributed by atoms with E-state index in [1.807, 2.05) is 4.57 Å². The first-order valence-corrected chi connectivity index (χ1v) is 6.64. The quantitative estimate of drug-likeness (QED) is 0.750. The van der Waals surface area contributed by atoms with Gasteiger partial charge in [0.2, 0.25) is 6.39 Å². The second-order valence-electron chi connectivity index (χ2n) is 3.96. The van der Waals surface area contributed by atoms with Gasteiger partial charge in [0.05, 0.1) is 21.1 Å². The normalized spacial score (nSPS) is 11.3. The molecule has 0 saturated heterocycles. The van der Waals surface area contributed by atoms with E-state index in [1.54, 1.807) is 12.1 Å². The fraction of sp³-hybridized carbons (Fsp3) is 0.182. The van der Waals surface area contributed by atoms with E-state index in [1.165, 1.54) is 6.39 Å². The summed E-state index contributed by atoms with van der Waals surface area (Å²) in [7, 11) is 0. The third-order valence-electron chi connectivity index (χ3n) is 2.78. The number of nitrogens with one attached hydrogen (secondary N) is 1. The minimum absolute atomic E-state index is 0.496. The van der Waals surface area contributed by atoms with Crippen molar-refractivity contribution in [3.05, 3.63) is 39.2 Å². The molecule has 0 bridgehead atoms. The standard InChI is InChI=1S/C11H8Cl2N4OS/c12-6-3-8-9(4-7(6)13)17(11(19)15-8)2-1-10-14-5-18-16-10/h3-5H,1-2H2,(H,15,19). The maximum Gasteiger partial charge on any atom is 0.213 e. The summed E-state index contributed by atoms with van der Waals surface area (Å²) in [6.07, 6.45) is 1.93. The first-order valence-electron chi connectivity index (χ1n) is 5.48. The molecular weight excluding hydrogens is 307 g/mol. The molecule has 0 amide bonds. The minimum atomic E-state index is 0.496. The molecule has 98 valence electrons. The van der Waals surface area contributed by atoms with Gasteiger partial charge in [-0.05, 0) is 24.4 Å². The SMILES string of the molecule is S=c1[nH]c2cc(Cl)c(Cl)cc2n1CCc1ncon1. The van der Waals surface area contributed by atoms with E-state index in [0.29, 0.717) is 33.6 Å². The van der Waals surface area contributed by atoms with Crippen LogP contribution in [0, 0.1) is 4.77 Å². The van der Waals surface area contributed by atoms with Crippen LogP contribution in [0.2, 0.25) is 10.0 Å². The lowest BCUT2D eigenvalue weighted by molar-refractivity contribution is 0.408. The van der Waals surface area contributed by atoms with Crippen LogP contribution in [0.3, 0.4) is 0 Å². The topological polar surface area (TPSA) is 59.6 Å². The molecule has 2 heterocycles. The lowest BCUT2D eigenvalue weighted by Crippen LogP contribution is -2.02. The van der Waals surface area contributed by atoms with E-state index >= 15 is 0 Å². The van der Waals surface area contributed by atoms with Crippen LogP contribution in [0.25, 0.3) is 11.0 Å². The molecule has 19 heavy (non-hydrogen) atoms. The molecule has 0 fully saturated rings. The summed E-state index contributed by atoms with van der Waals surface area (Å²) in [5.41, 5.74) is 1.76. The number of aromatic nitrogens is 4. The van der Waals surface area contributed by atoms with Gasteiger partial charge in [0.1, 0.15) is 0 Å². The zero-order valence-corrected chi connectivity index (χ0v) is 11.9. The molecule has 3 rings (SSSR count). The lowest BCUT2D eigenvalue weighted by atomic mass is 10.3. The number of fused-ring (bicyclic) bond motifs is 1. The van der Waals surface area contributed by atoms with Crippen molar-refractivity contribution in [2.45, 2.75) is 13.0 Å². The Morgan fingerprint density at radius 2 is 2.11 bits per heavy atom. The Hall–Kier alpha value is -1.37. The number of nitrogens with zero attached hydrogens (tertiary/aromatic N) is 3. The molecule has 0 saturated carbocycles. The number of imidazole rings is 1. The predicted octanol–water partition coefficient (Wildman–Crippen LogP) is 3.63. The van der Waals surface area contributed by atoms with E-state index in [9.17, 15) is 0 Å². The summed E-state index contributed by atoms with van der Waals surface area (Å²) in [6, 6.07) is 3.56. The fourth-order valence-electron chi connectivity index (χ4n) is 1.89. The van der Waals surface area contributed by atoms with Crippen molar-refractivity contribution in [2.24, 2.45) is 0 Å². The highest BCUT2D eigenvalue weighted by molar-refractivity contribution is 7.71. The van der Waals surface area contributed by atoms with Gasteiger partial charge < -0.3 is 14.1 Å². The number of hydrogen-bond donors (Lipinski definition) is 1. The Morgan fingerprint density at radius 1 is 1.32 bits per heavy atom. The molecule has 8 heteroatoms. The molecule has 3 aromatic rings. The Bertz CT molecular complexity index is 778. The largest absolute Gasteiger partial charge is 0.343 e. The fourth-order valence-corrected chi connectivity index (χ4v) is 2.51. The Labute approximate surface area is 123 Å². The molecule has 0 radical (unpaired) electrons.